The second-order valence-corrected chi connectivity index (χ2v) is 5.97. The topological polar surface area (TPSA) is 110 Å². The van der Waals surface area contributed by atoms with Crippen LogP contribution in [0.3, 0.4) is 0 Å². The number of hydrogen-bond acceptors (Lipinski definition) is 7. The number of hydrogen-bond donors (Lipinski definition) is 2. The third kappa shape index (κ3) is 4.15. The van der Waals surface area contributed by atoms with Gasteiger partial charge in [0.2, 0.25) is 5.91 Å². The lowest BCUT2D eigenvalue weighted by molar-refractivity contribution is -0.385. The average molecular weight is 355 g/mol. The van der Waals surface area contributed by atoms with Gasteiger partial charge >= 0.3 is 0 Å². The molecule has 0 atom stereocenters. The first-order valence-corrected chi connectivity index (χ1v) is 8.10. The van der Waals surface area contributed by atoms with Crippen LogP contribution < -0.4 is 10.7 Å². The van der Waals surface area contributed by atoms with Crippen LogP contribution in [0.15, 0.2) is 53.6 Å². The smallest absolute Gasteiger partial charge is 0.278 e. The van der Waals surface area contributed by atoms with E-state index in [4.69, 9.17) is 0 Å². The fraction of sp³-hybridized carbons (Fsp3) is 0.0625. The van der Waals surface area contributed by atoms with Gasteiger partial charge in [-0.15, -0.1) is 0 Å². The van der Waals surface area contributed by atoms with E-state index in [0.29, 0.717) is 10.7 Å². The number of para-hydroxylation sites is 2. The monoisotopic (exact) mass is 355 g/mol. The Labute approximate surface area is 146 Å². The summed E-state index contributed by atoms with van der Waals surface area (Å²) in [7, 11) is 0. The van der Waals surface area contributed by atoms with E-state index in [1.54, 1.807) is 18.2 Å². The molecule has 0 saturated heterocycles. The molecule has 1 amide bonds. The van der Waals surface area contributed by atoms with Crippen LogP contribution in [0.5, 0.6) is 0 Å². The standard InChI is InChI=1S/C16H13N5O3S/c22-15(20-16-19-12-6-2-4-8-14(12)25-16)10-18-17-9-11-5-1-3-7-13(11)21(23)24/h1-9,18H,10H2,(H,19,20,22)/b17-9+. The van der Waals surface area contributed by atoms with Gasteiger partial charge in [-0.1, -0.05) is 35.6 Å². The number of aromatic nitrogens is 1. The molecule has 126 valence electrons. The number of nitrogens with zero attached hydrogens (tertiary/aromatic N) is 3. The third-order valence-electron chi connectivity index (χ3n) is 3.21. The number of benzene rings is 2. The molecule has 0 aliphatic rings. The van der Waals surface area contributed by atoms with Crippen molar-refractivity contribution >= 4 is 44.5 Å². The first-order valence-electron chi connectivity index (χ1n) is 7.28. The maximum Gasteiger partial charge on any atom is 0.278 e. The fourth-order valence-electron chi connectivity index (χ4n) is 2.08. The number of nitro benzene ring substituents is 1. The Balaban J connectivity index is 1.55. The Bertz CT molecular complexity index is 921. The molecule has 25 heavy (non-hydrogen) atoms. The van der Waals surface area contributed by atoms with Crippen LogP contribution in [0.25, 0.3) is 10.2 Å². The number of carbonyl (C=O) groups excluding carboxylic acids is 1. The quantitative estimate of drug-likeness (QED) is 0.401. The summed E-state index contributed by atoms with van der Waals surface area (Å²) >= 11 is 1.38. The Morgan fingerprint density at radius 1 is 1.24 bits per heavy atom. The molecule has 8 nitrogen and oxygen atoms in total. The summed E-state index contributed by atoms with van der Waals surface area (Å²) in [6.07, 6.45) is 1.31. The van der Waals surface area contributed by atoms with Crippen LogP contribution in [-0.2, 0) is 4.79 Å². The molecule has 3 aromatic rings. The van der Waals surface area contributed by atoms with Crippen molar-refractivity contribution in [2.45, 2.75) is 0 Å². The molecule has 0 aliphatic heterocycles. The highest BCUT2D eigenvalue weighted by Gasteiger charge is 2.10. The molecular formula is C16H13N5O3S. The van der Waals surface area contributed by atoms with E-state index >= 15 is 0 Å². The number of rotatable bonds is 6. The molecule has 0 radical (unpaired) electrons. The van der Waals surface area contributed by atoms with Gasteiger partial charge < -0.3 is 10.7 Å². The summed E-state index contributed by atoms with van der Waals surface area (Å²) in [6.45, 7) is -0.0763. The minimum absolute atomic E-state index is 0.0491. The van der Waals surface area contributed by atoms with Crippen molar-refractivity contribution in [1.29, 1.82) is 0 Å². The van der Waals surface area contributed by atoms with Crippen LogP contribution in [0, 0.1) is 10.1 Å². The largest absolute Gasteiger partial charge is 0.301 e. The number of carbonyl (C=O) groups is 1. The van der Waals surface area contributed by atoms with Gasteiger partial charge in [-0.25, -0.2) is 4.98 Å². The zero-order valence-corrected chi connectivity index (χ0v) is 13.7. The predicted octanol–water partition coefficient (Wildman–Crippen LogP) is 2.77. The first-order chi connectivity index (χ1) is 12.1. The van der Waals surface area contributed by atoms with Crippen LogP contribution >= 0.6 is 11.3 Å². The zero-order chi connectivity index (χ0) is 17.6. The maximum absolute atomic E-state index is 11.9. The zero-order valence-electron chi connectivity index (χ0n) is 12.9. The molecule has 0 saturated carbocycles. The van der Waals surface area contributed by atoms with Gasteiger partial charge in [0.1, 0.15) is 6.54 Å². The third-order valence-corrected chi connectivity index (χ3v) is 4.16. The van der Waals surface area contributed by atoms with Crippen LogP contribution in [0.4, 0.5) is 10.8 Å². The number of thiazole rings is 1. The second kappa shape index (κ2) is 7.49. The van der Waals surface area contributed by atoms with E-state index in [9.17, 15) is 14.9 Å². The molecule has 3 rings (SSSR count). The highest BCUT2D eigenvalue weighted by molar-refractivity contribution is 7.22. The number of amides is 1. The van der Waals surface area contributed by atoms with Gasteiger partial charge in [0.15, 0.2) is 5.13 Å². The Kier molecular flexibility index (Phi) is 4.95. The molecule has 2 aromatic carbocycles. The molecular weight excluding hydrogens is 342 g/mol. The van der Waals surface area contributed by atoms with Crippen molar-refractivity contribution in [3.8, 4) is 0 Å². The van der Waals surface area contributed by atoms with E-state index in [2.05, 4.69) is 20.8 Å². The lowest BCUT2D eigenvalue weighted by Crippen LogP contribution is -2.24. The van der Waals surface area contributed by atoms with Gasteiger partial charge in [-0.3, -0.25) is 14.9 Å². The first kappa shape index (κ1) is 16.5. The number of nitro groups is 1. The van der Waals surface area contributed by atoms with Gasteiger partial charge in [0, 0.05) is 6.07 Å². The molecule has 0 fully saturated rings. The van der Waals surface area contributed by atoms with Gasteiger partial charge in [-0.05, 0) is 18.2 Å². The van der Waals surface area contributed by atoms with Gasteiger partial charge in [-0.2, -0.15) is 5.10 Å². The molecule has 2 N–H and O–H groups in total. The van der Waals surface area contributed by atoms with Gasteiger partial charge in [0.25, 0.3) is 5.69 Å². The van der Waals surface area contributed by atoms with Crippen molar-refractivity contribution in [2.24, 2.45) is 5.10 Å². The lowest BCUT2D eigenvalue weighted by Gasteiger charge is -2.01. The molecule has 0 unspecified atom stereocenters. The molecule has 0 bridgehead atoms. The number of fused-ring (bicyclic) bond motifs is 1. The summed E-state index contributed by atoms with van der Waals surface area (Å²) < 4.78 is 0.986. The molecule has 0 aliphatic carbocycles. The van der Waals surface area contributed by atoms with Crippen molar-refractivity contribution in [3.05, 3.63) is 64.2 Å². The SMILES string of the molecule is O=C(CN/N=C/c1ccccc1[N+](=O)[O-])Nc1nc2ccccc2s1. The molecule has 1 heterocycles. The van der Waals surface area contributed by atoms with E-state index in [0.717, 1.165) is 10.2 Å². The van der Waals surface area contributed by atoms with Crippen molar-refractivity contribution < 1.29 is 9.72 Å². The van der Waals surface area contributed by atoms with Crippen LogP contribution in [0.2, 0.25) is 0 Å². The molecule has 1 aromatic heterocycles. The van der Waals surface area contributed by atoms with Crippen molar-refractivity contribution in [1.82, 2.24) is 10.4 Å². The minimum Gasteiger partial charge on any atom is -0.301 e. The summed E-state index contributed by atoms with van der Waals surface area (Å²) in [5.41, 5.74) is 3.69. The number of anilines is 1. The normalized spacial score (nSPS) is 10.9. The minimum atomic E-state index is -0.485. The number of hydrazone groups is 1. The summed E-state index contributed by atoms with van der Waals surface area (Å²) in [4.78, 5) is 26.6. The summed E-state index contributed by atoms with van der Waals surface area (Å²) in [5.74, 6) is -0.307. The molecule has 0 spiro atoms. The highest BCUT2D eigenvalue weighted by Crippen LogP contribution is 2.25. The van der Waals surface area contributed by atoms with E-state index in [1.165, 1.54) is 23.6 Å². The number of nitrogens with one attached hydrogen (secondary N) is 2. The summed E-state index contributed by atoms with van der Waals surface area (Å²) in [5, 5.41) is 17.9. The highest BCUT2D eigenvalue weighted by atomic mass is 32.1. The van der Waals surface area contributed by atoms with E-state index in [-0.39, 0.29) is 18.1 Å². The van der Waals surface area contributed by atoms with E-state index in [1.807, 2.05) is 24.3 Å². The van der Waals surface area contributed by atoms with Gasteiger partial charge in [0.05, 0.1) is 26.9 Å². The van der Waals surface area contributed by atoms with Crippen LogP contribution in [0.1, 0.15) is 5.56 Å². The average Bonchev–Trinajstić information content (AvgIpc) is 3.01. The Morgan fingerprint density at radius 2 is 2.00 bits per heavy atom. The Hall–Kier alpha value is -3.33. The maximum atomic E-state index is 11.9. The van der Waals surface area contributed by atoms with Crippen LogP contribution in [-0.4, -0.2) is 28.6 Å². The molecule has 9 heteroatoms. The predicted molar refractivity (Wildman–Crippen MR) is 96.9 cm³/mol. The Morgan fingerprint density at radius 3 is 2.80 bits per heavy atom. The lowest BCUT2D eigenvalue weighted by atomic mass is 10.2. The fourth-order valence-corrected chi connectivity index (χ4v) is 2.97. The van der Waals surface area contributed by atoms with Crippen molar-refractivity contribution in [3.63, 3.8) is 0 Å². The summed E-state index contributed by atoms with van der Waals surface area (Å²) in [6, 6.07) is 13.8. The van der Waals surface area contributed by atoms with Crippen molar-refractivity contribution in [2.75, 3.05) is 11.9 Å². The van der Waals surface area contributed by atoms with E-state index < -0.39 is 4.92 Å². The second-order valence-electron chi connectivity index (χ2n) is 4.94.